The number of aromatic nitrogens is 2. The van der Waals surface area contributed by atoms with Crippen molar-refractivity contribution in [3.8, 4) is 0 Å². The van der Waals surface area contributed by atoms with E-state index in [1.807, 2.05) is 17.9 Å². The van der Waals surface area contributed by atoms with Gasteiger partial charge >= 0.3 is 6.03 Å². The van der Waals surface area contributed by atoms with Gasteiger partial charge in [-0.3, -0.25) is 4.68 Å². The molecule has 2 aromatic rings. The standard InChI is InChI=1S/C16H22N4O3/c1-16(22,14-7-4-8-23-14)10-17-15(21)19-12-5-3-6-13-11(12)9-18-20(13)2/h4,7-9,12,22H,3,5-6,10H2,1-2H3,(H2,17,19,21)/t12-,16+/m0/s1. The van der Waals surface area contributed by atoms with Crippen molar-refractivity contribution in [3.63, 3.8) is 0 Å². The van der Waals surface area contributed by atoms with E-state index >= 15 is 0 Å². The summed E-state index contributed by atoms with van der Waals surface area (Å²) >= 11 is 0. The molecule has 1 aliphatic rings. The minimum atomic E-state index is -1.24. The Morgan fingerprint density at radius 1 is 1.61 bits per heavy atom. The summed E-state index contributed by atoms with van der Waals surface area (Å²) in [5.41, 5.74) is 1.00. The number of furan rings is 1. The average molecular weight is 318 g/mol. The van der Waals surface area contributed by atoms with Gasteiger partial charge in [0.25, 0.3) is 0 Å². The first kappa shape index (κ1) is 15.6. The molecule has 124 valence electrons. The summed E-state index contributed by atoms with van der Waals surface area (Å²) in [6.45, 7) is 1.67. The molecule has 0 aliphatic heterocycles. The van der Waals surface area contributed by atoms with Gasteiger partial charge in [0.2, 0.25) is 0 Å². The van der Waals surface area contributed by atoms with Gasteiger partial charge in [-0.2, -0.15) is 5.10 Å². The molecule has 0 saturated carbocycles. The van der Waals surface area contributed by atoms with E-state index in [-0.39, 0.29) is 18.6 Å². The minimum absolute atomic E-state index is 0.0407. The smallest absolute Gasteiger partial charge is 0.315 e. The highest BCUT2D eigenvalue weighted by atomic mass is 16.4. The summed E-state index contributed by atoms with van der Waals surface area (Å²) in [4.78, 5) is 12.2. The Kier molecular flexibility index (Phi) is 4.12. The zero-order chi connectivity index (χ0) is 16.4. The SMILES string of the molecule is Cn1ncc2c1CCC[C@@H]2NC(=O)NC[C@@](C)(O)c1ccco1. The molecule has 7 nitrogen and oxygen atoms in total. The predicted octanol–water partition coefficient (Wildman–Crippen LogP) is 1.60. The van der Waals surface area contributed by atoms with Gasteiger partial charge < -0.3 is 20.2 Å². The van der Waals surface area contributed by atoms with E-state index < -0.39 is 5.60 Å². The van der Waals surface area contributed by atoms with Crippen molar-refractivity contribution in [1.82, 2.24) is 20.4 Å². The predicted molar refractivity (Wildman–Crippen MR) is 83.7 cm³/mol. The largest absolute Gasteiger partial charge is 0.466 e. The molecule has 0 bridgehead atoms. The summed E-state index contributed by atoms with van der Waals surface area (Å²) < 4.78 is 7.06. The van der Waals surface area contributed by atoms with Crippen LogP contribution in [0.1, 0.15) is 42.8 Å². The molecule has 0 unspecified atom stereocenters. The highest BCUT2D eigenvalue weighted by Crippen LogP contribution is 2.29. The molecule has 2 amide bonds. The third-order valence-corrected chi connectivity index (χ3v) is 4.33. The van der Waals surface area contributed by atoms with E-state index in [2.05, 4.69) is 15.7 Å². The van der Waals surface area contributed by atoms with Crippen molar-refractivity contribution in [2.24, 2.45) is 7.05 Å². The molecule has 0 aromatic carbocycles. The molecule has 3 rings (SSSR count). The minimum Gasteiger partial charge on any atom is -0.466 e. The van der Waals surface area contributed by atoms with Crippen LogP contribution in [-0.4, -0.2) is 27.5 Å². The van der Waals surface area contributed by atoms with Crippen molar-refractivity contribution in [2.75, 3.05) is 6.54 Å². The van der Waals surface area contributed by atoms with Crippen LogP contribution < -0.4 is 10.6 Å². The fourth-order valence-electron chi connectivity index (χ4n) is 2.99. The number of nitrogens with one attached hydrogen (secondary N) is 2. The Bertz CT molecular complexity index is 676. The quantitative estimate of drug-likeness (QED) is 0.798. The molecule has 1 aliphatic carbocycles. The lowest BCUT2D eigenvalue weighted by atomic mass is 9.93. The summed E-state index contributed by atoms with van der Waals surface area (Å²) in [5.74, 6) is 0.421. The molecule has 0 spiro atoms. The van der Waals surface area contributed by atoms with E-state index in [1.54, 1.807) is 19.1 Å². The fourth-order valence-corrected chi connectivity index (χ4v) is 2.99. The van der Waals surface area contributed by atoms with Gasteiger partial charge in [0, 0.05) is 18.3 Å². The van der Waals surface area contributed by atoms with Crippen LogP contribution in [0, 0.1) is 0 Å². The molecule has 7 heteroatoms. The maximum absolute atomic E-state index is 12.2. The number of hydrogen-bond donors (Lipinski definition) is 3. The molecule has 3 N–H and O–H groups in total. The van der Waals surface area contributed by atoms with Crippen LogP contribution in [0.4, 0.5) is 4.79 Å². The number of urea groups is 1. The molecule has 2 atom stereocenters. The molecular weight excluding hydrogens is 296 g/mol. The molecule has 0 saturated heterocycles. The summed E-state index contributed by atoms with van der Waals surface area (Å²) in [5, 5.41) is 20.3. The number of hydrogen-bond acceptors (Lipinski definition) is 4. The first-order chi connectivity index (χ1) is 11.0. The number of fused-ring (bicyclic) bond motifs is 1. The zero-order valence-electron chi connectivity index (χ0n) is 13.4. The second kappa shape index (κ2) is 6.08. The van der Waals surface area contributed by atoms with Crippen LogP contribution in [0.5, 0.6) is 0 Å². The Morgan fingerprint density at radius 2 is 2.43 bits per heavy atom. The Balaban J connectivity index is 1.58. The number of carbonyl (C=O) groups is 1. The fraction of sp³-hybridized carbons (Fsp3) is 0.500. The third kappa shape index (κ3) is 3.24. The molecule has 0 radical (unpaired) electrons. The zero-order valence-corrected chi connectivity index (χ0v) is 13.4. The van der Waals surface area contributed by atoms with Crippen LogP contribution in [0.25, 0.3) is 0 Å². The van der Waals surface area contributed by atoms with Crippen molar-refractivity contribution in [3.05, 3.63) is 41.6 Å². The topological polar surface area (TPSA) is 92.3 Å². The number of rotatable bonds is 4. The van der Waals surface area contributed by atoms with Gasteiger partial charge in [0.15, 0.2) is 0 Å². The van der Waals surface area contributed by atoms with Crippen LogP contribution in [0.2, 0.25) is 0 Å². The first-order valence-corrected chi connectivity index (χ1v) is 7.79. The molecule has 23 heavy (non-hydrogen) atoms. The highest BCUT2D eigenvalue weighted by Gasteiger charge is 2.28. The van der Waals surface area contributed by atoms with Crippen molar-refractivity contribution < 1.29 is 14.3 Å². The van der Waals surface area contributed by atoms with Crippen LogP contribution in [0.3, 0.4) is 0 Å². The lowest BCUT2D eigenvalue weighted by molar-refractivity contribution is 0.0366. The second-order valence-corrected chi connectivity index (χ2v) is 6.19. The van der Waals surface area contributed by atoms with Crippen molar-refractivity contribution >= 4 is 6.03 Å². The Morgan fingerprint density at radius 3 is 3.17 bits per heavy atom. The summed E-state index contributed by atoms with van der Waals surface area (Å²) in [7, 11) is 1.92. The number of carbonyl (C=O) groups excluding carboxylic acids is 1. The Labute approximate surface area is 134 Å². The van der Waals surface area contributed by atoms with E-state index in [4.69, 9.17) is 4.42 Å². The van der Waals surface area contributed by atoms with E-state index in [0.717, 1.165) is 24.8 Å². The number of aryl methyl sites for hydroxylation is 1. The normalized spacial score (nSPS) is 19.7. The molecular formula is C16H22N4O3. The third-order valence-electron chi connectivity index (χ3n) is 4.33. The first-order valence-electron chi connectivity index (χ1n) is 7.79. The van der Waals surface area contributed by atoms with E-state index in [1.165, 1.54) is 12.0 Å². The summed E-state index contributed by atoms with van der Waals surface area (Å²) in [6, 6.07) is 3.04. The van der Waals surface area contributed by atoms with Gasteiger partial charge in [-0.15, -0.1) is 0 Å². The van der Waals surface area contributed by atoms with Gasteiger partial charge in [-0.05, 0) is 38.3 Å². The van der Waals surface area contributed by atoms with Gasteiger partial charge in [0.05, 0.1) is 25.0 Å². The van der Waals surface area contributed by atoms with Gasteiger partial charge in [0.1, 0.15) is 11.4 Å². The lowest BCUT2D eigenvalue weighted by Crippen LogP contribution is -2.44. The number of nitrogens with zero attached hydrogens (tertiary/aromatic N) is 2. The van der Waals surface area contributed by atoms with Crippen LogP contribution >= 0.6 is 0 Å². The average Bonchev–Trinajstić information content (AvgIpc) is 3.17. The maximum Gasteiger partial charge on any atom is 0.315 e. The molecule has 2 heterocycles. The maximum atomic E-state index is 12.2. The van der Waals surface area contributed by atoms with Crippen molar-refractivity contribution in [2.45, 2.75) is 37.8 Å². The van der Waals surface area contributed by atoms with Crippen LogP contribution in [0.15, 0.2) is 29.0 Å². The number of amides is 2. The molecule has 0 fully saturated rings. The van der Waals surface area contributed by atoms with Gasteiger partial charge in [-0.25, -0.2) is 4.79 Å². The summed E-state index contributed by atoms with van der Waals surface area (Å²) in [6.07, 6.45) is 6.20. The molecule has 2 aromatic heterocycles. The lowest BCUT2D eigenvalue weighted by Gasteiger charge is -2.25. The monoisotopic (exact) mass is 318 g/mol. The Hall–Kier alpha value is -2.28. The highest BCUT2D eigenvalue weighted by molar-refractivity contribution is 5.74. The van der Waals surface area contributed by atoms with E-state index in [9.17, 15) is 9.90 Å². The second-order valence-electron chi connectivity index (χ2n) is 6.19. The van der Waals surface area contributed by atoms with Crippen molar-refractivity contribution in [1.29, 1.82) is 0 Å². The number of aliphatic hydroxyl groups is 1. The van der Waals surface area contributed by atoms with Crippen LogP contribution in [-0.2, 0) is 19.1 Å². The van der Waals surface area contributed by atoms with E-state index in [0.29, 0.717) is 5.76 Å². The van der Waals surface area contributed by atoms with Gasteiger partial charge in [-0.1, -0.05) is 0 Å².